The van der Waals surface area contributed by atoms with Crippen LogP contribution in [0.1, 0.15) is 12.5 Å². The van der Waals surface area contributed by atoms with Crippen molar-refractivity contribution in [3.63, 3.8) is 0 Å². The van der Waals surface area contributed by atoms with Gasteiger partial charge in [0.25, 0.3) is 0 Å². The zero-order valence-corrected chi connectivity index (χ0v) is 12.4. The molecule has 1 aliphatic heterocycles. The Morgan fingerprint density at radius 1 is 1.47 bits per heavy atom. The molecule has 1 amide bonds. The first-order valence-electron chi connectivity index (χ1n) is 6.50. The molecule has 0 radical (unpaired) electrons. The molecule has 0 saturated carbocycles. The van der Waals surface area contributed by atoms with Crippen LogP contribution in [0.2, 0.25) is 10.0 Å². The Bertz CT molecular complexity index is 461. The Balaban J connectivity index is 1.77. The third-order valence-electron chi connectivity index (χ3n) is 3.64. The summed E-state index contributed by atoms with van der Waals surface area (Å²) in [5.74, 6) is 0.664. The van der Waals surface area contributed by atoms with Gasteiger partial charge in [0.15, 0.2) is 0 Å². The summed E-state index contributed by atoms with van der Waals surface area (Å²) in [5.41, 5.74) is 1.00. The van der Waals surface area contributed by atoms with Crippen LogP contribution in [0.5, 0.6) is 0 Å². The topological polar surface area (TPSA) is 41.1 Å². The number of hydrogen-bond acceptors (Lipinski definition) is 2. The summed E-state index contributed by atoms with van der Waals surface area (Å²) in [6.07, 6.45) is 0.720. The molecule has 0 aliphatic carbocycles. The van der Waals surface area contributed by atoms with Crippen molar-refractivity contribution < 1.29 is 4.79 Å². The maximum Gasteiger partial charge on any atom is 0.223 e. The minimum atomic E-state index is 0.0712. The molecule has 3 nitrogen and oxygen atoms in total. The zero-order chi connectivity index (χ0) is 13.8. The van der Waals surface area contributed by atoms with E-state index < -0.39 is 0 Å². The molecule has 0 spiro atoms. The highest BCUT2D eigenvalue weighted by Gasteiger charge is 2.28. The Hall–Kier alpha value is -0.770. The van der Waals surface area contributed by atoms with E-state index in [1.165, 1.54) is 0 Å². The van der Waals surface area contributed by atoms with Crippen LogP contribution in [0.25, 0.3) is 0 Å². The first-order chi connectivity index (χ1) is 9.08. The average Bonchev–Trinajstić information content (AvgIpc) is 2.29. The van der Waals surface area contributed by atoms with Crippen molar-refractivity contribution in [2.75, 3.05) is 19.6 Å². The highest BCUT2D eigenvalue weighted by molar-refractivity contribution is 6.35. The van der Waals surface area contributed by atoms with Crippen LogP contribution >= 0.6 is 23.2 Å². The van der Waals surface area contributed by atoms with Gasteiger partial charge in [0.2, 0.25) is 5.91 Å². The smallest absolute Gasteiger partial charge is 0.223 e. The van der Waals surface area contributed by atoms with Gasteiger partial charge in [0.1, 0.15) is 0 Å². The molecule has 1 aromatic carbocycles. The molecule has 2 rings (SSSR count). The molecular weight excluding hydrogens is 283 g/mol. The van der Waals surface area contributed by atoms with Crippen LogP contribution < -0.4 is 10.6 Å². The van der Waals surface area contributed by atoms with Gasteiger partial charge < -0.3 is 10.6 Å². The number of halogens is 2. The number of amides is 1. The standard InChI is InChI=1S/C14H18Cl2N2O/c1-9(11-7-17-8-11)14(19)18-5-4-10-2-3-12(15)6-13(10)16/h2-3,6,9,11,17H,4-5,7-8H2,1H3,(H,18,19). The van der Waals surface area contributed by atoms with Crippen molar-refractivity contribution in [2.45, 2.75) is 13.3 Å². The van der Waals surface area contributed by atoms with Crippen molar-refractivity contribution in [3.05, 3.63) is 33.8 Å². The molecule has 1 unspecified atom stereocenters. The van der Waals surface area contributed by atoms with Crippen LogP contribution in [0.3, 0.4) is 0 Å². The molecule has 1 saturated heterocycles. The average molecular weight is 301 g/mol. The first kappa shape index (κ1) is 14.6. The first-order valence-corrected chi connectivity index (χ1v) is 7.26. The highest BCUT2D eigenvalue weighted by atomic mass is 35.5. The van der Waals surface area contributed by atoms with E-state index in [9.17, 15) is 4.79 Å². The number of carbonyl (C=O) groups is 1. The predicted octanol–water partition coefficient (Wildman–Crippen LogP) is 2.51. The van der Waals surface area contributed by atoms with E-state index in [0.717, 1.165) is 25.1 Å². The molecular formula is C14H18Cl2N2O. The number of benzene rings is 1. The molecule has 5 heteroatoms. The number of nitrogens with one attached hydrogen (secondary N) is 2. The Kier molecular flexibility index (Phi) is 5.08. The van der Waals surface area contributed by atoms with Crippen LogP contribution in [-0.4, -0.2) is 25.5 Å². The maximum atomic E-state index is 11.9. The molecule has 2 N–H and O–H groups in total. The normalized spacial score (nSPS) is 16.8. The van der Waals surface area contributed by atoms with Crippen molar-refractivity contribution in [1.29, 1.82) is 0 Å². The lowest BCUT2D eigenvalue weighted by Crippen LogP contribution is -2.49. The third-order valence-corrected chi connectivity index (χ3v) is 4.23. The molecule has 1 aromatic rings. The molecule has 1 aliphatic rings. The van der Waals surface area contributed by atoms with Gasteiger partial charge in [-0.3, -0.25) is 4.79 Å². The fourth-order valence-corrected chi connectivity index (χ4v) is 2.59. The summed E-state index contributed by atoms with van der Waals surface area (Å²) in [6, 6.07) is 5.44. The minimum Gasteiger partial charge on any atom is -0.356 e. The summed E-state index contributed by atoms with van der Waals surface area (Å²) in [5, 5.41) is 7.42. The second-order valence-corrected chi connectivity index (χ2v) is 5.83. The maximum absolute atomic E-state index is 11.9. The number of hydrogen-bond donors (Lipinski definition) is 2. The molecule has 1 atom stereocenters. The van der Waals surface area contributed by atoms with Gasteiger partial charge in [-0.25, -0.2) is 0 Å². The predicted molar refractivity (Wildman–Crippen MR) is 78.7 cm³/mol. The van der Waals surface area contributed by atoms with E-state index in [1.807, 2.05) is 19.1 Å². The van der Waals surface area contributed by atoms with Gasteiger partial charge in [-0.1, -0.05) is 36.2 Å². The van der Waals surface area contributed by atoms with Gasteiger partial charge >= 0.3 is 0 Å². The third kappa shape index (κ3) is 3.85. The van der Waals surface area contributed by atoms with Crippen molar-refractivity contribution in [2.24, 2.45) is 11.8 Å². The fourth-order valence-electron chi connectivity index (χ4n) is 2.08. The van der Waals surface area contributed by atoms with Crippen molar-refractivity contribution >= 4 is 29.1 Å². The molecule has 0 aromatic heterocycles. The largest absolute Gasteiger partial charge is 0.356 e. The zero-order valence-electron chi connectivity index (χ0n) is 10.9. The minimum absolute atomic E-state index is 0.0712. The molecule has 0 bridgehead atoms. The van der Waals surface area contributed by atoms with Gasteiger partial charge in [-0.05, 0) is 43.1 Å². The van der Waals surface area contributed by atoms with Crippen molar-refractivity contribution in [3.8, 4) is 0 Å². The van der Waals surface area contributed by atoms with E-state index in [0.29, 0.717) is 22.5 Å². The van der Waals surface area contributed by atoms with Crippen LogP contribution in [0.15, 0.2) is 18.2 Å². The Morgan fingerprint density at radius 3 is 2.79 bits per heavy atom. The summed E-state index contributed by atoms with van der Waals surface area (Å²) < 4.78 is 0. The van der Waals surface area contributed by atoms with Crippen LogP contribution in [-0.2, 0) is 11.2 Å². The van der Waals surface area contributed by atoms with Crippen LogP contribution in [0.4, 0.5) is 0 Å². The van der Waals surface area contributed by atoms with Gasteiger partial charge in [-0.15, -0.1) is 0 Å². The van der Waals surface area contributed by atoms with Gasteiger partial charge in [-0.2, -0.15) is 0 Å². The molecule has 104 valence electrons. The summed E-state index contributed by atoms with van der Waals surface area (Å²) >= 11 is 11.9. The Morgan fingerprint density at radius 2 is 2.21 bits per heavy atom. The highest BCUT2D eigenvalue weighted by Crippen LogP contribution is 2.21. The monoisotopic (exact) mass is 300 g/mol. The van der Waals surface area contributed by atoms with E-state index in [-0.39, 0.29) is 11.8 Å². The van der Waals surface area contributed by atoms with Crippen molar-refractivity contribution in [1.82, 2.24) is 10.6 Å². The van der Waals surface area contributed by atoms with Crippen LogP contribution in [0, 0.1) is 11.8 Å². The second-order valence-electron chi connectivity index (χ2n) is 4.98. The molecule has 19 heavy (non-hydrogen) atoms. The quantitative estimate of drug-likeness (QED) is 0.877. The second kappa shape index (κ2) is 6.60. The van der Waals surface area contributed by atoms with E-state index >= 15 is 0 Å². The lowest BCUT2D eigenvalue weighted by atomic mass is 9.88. The number of carbonyl (C=O) groups excluding carboxylic acids is 1. The van der Waals surface area contributed by atoms with Gasteiger partial charge in [0, 0.05) is 22.5 Å². The SMILES string of the molecule is CC(C(=O)NCCc1ccc(Cl)cc1Cl)C1CNC1. The summed E-state index contributed by atoms with van der Waals surface area (Å²) in [7, 11) is 0. The lowest BCUT2D eigenvalue weighted by Gasteiger charge is -2.31. The molecule has 1 heterocycles. The van der Waals surface area contributed by atoms with Gasteiger partial charge in [0.05, 0.1) is 0 Å². The van der Waals surface area contributed by atoms with E-state index in [1.54, 1.807) is 6.07 Å². The summed E-state index contributed by atoms with van der Waals surface area (Å²) in [4.78, 5) is 11.9. The van der Waals surface area contributed by atoms with E-state index in [4.69, 9.17) is 23.2 Å². The summed E-state index contributed by atoms with van der Waals surface area (Å²) in [6.45, 7) is 4.47. The van der Waals surface area contributed by atoms with E-state index in [2.05, 4.69) is 10.6 Å². The molecule has 1 fully saturated rings. The Labute approximate surface area is 123 Å². The number of rotatable bonds is 5. The lowest BCUT2D eigenvalue weighted by molar-refractivity contribution is -0.126. The fraction of sp³-hybridized carbons (Fsp3) is 0.500.